The Balaban J connectivity index is 2.32. The van der Waals surface area contributed by atoms with E-state index in [1.807, 2.05) is 19.1 Å². The molecule has 102 valence electrons. The molecule has 0 aliphatic carbocycles. The normalized spacial score (nSPS) is 14.2. The van der Waals surface area contributed by atoms with E-state index in [2.05, 4.69) is 18.8 Å². The molecule has 1 aromatic heterocycles. The smallest absolute Gasteiger partial charge is 0.138 e. The number of rotatable bonds is 8. The lowest BCUT2D eigenvalue weighted by atomic mass is 10.1. The molecule has 0 spiro atoms. The van der Waals surface area contributed by atoms with Gasteiger partial charge >= 0.3 is 0 Å². The van der Waals surface area contributed by atoms with Crippen molar-refractivity contribution in [1.29, 1.82) is 0 Å². The topological polar surface area (TPSA) is 48.1 Å². The molecule has 3 heteroatoms. The molecular formula is C15H26N2O. The molecule has 0 radical (unpaired) electrons. The maximum absolute atomic E-state index is 5.83. The van der Waals surface area contributed by atoms with Crippen LogP contribution in [0, 0.1) is 0 Å². The van der Waals surface area contributed by atoms with Crippen molar-refractivity contribution in [3.05, 3.63) is 24.0 Å². The summed E-state index contributed by atoms with van der Waals surface area (Å²) in [6.07, 6.45) is 8.25. The van der Waals surface area contributed by atoms with Crippen molar-refractivity contribution in [1.82, 2.24) is 4.98 Å². The molecule has 0 aromatic carbocycles. The van der Waals surface area contributed by atoms with E-state index in [0.717, 1.165) is 17.9 Å². The van der Waals surface area contributed by atoms with Crippen molar-refractivity contribution in [3.63, 3.8) is 0 Å². The van der Waals surface area contributed by atoms with Crippen molar-refractivity contribution in [3.8, 4) is 5.75 Å². The summed E-state index contributed by atoms with van der Waals surface area (Å²) in [4.78, 5) is 4.29. The van der Waals surface area contributed by atoms with E-state index < -0.39 is 0 Å². The molecule has 18 heavy (non-hydrogen) atoms. The quantitative estimate of drug-likeness (QED) is 0.713. The summed E-state index contributed by atoms with van der Waals surface area (Å²) < 4.78 is 5.83. The highest BCUT2D eigenvalue weighted by molar-refractivity contribution is 5.21. The number of nitrogens with zero attached hydrogens (tertiary/aromatic N) is 1. The Morgan fingerprint density at radius 1 is 1.22 bits per heavy atom. The predicted molar refractivity (Wildman–Crippen MR) is 75.7 cm³/mol. The lowest BCUT2D eigenvalue weighted by Gasteiger charge is -2.14. The van der Waals surface area contributed by atoms with Gasteiger partial charge in [0, 0.05) is 6.04 Å². The van der Waals surface area contributed by atoms with Gasteiger partial charge in [0.1, 0.15) is 5.75 Å². The largest absolute Gasteiger partial charge is 0.489 e. The standard InChI is InChI=1S/C15H26N2O/c1-4-5-6-7-8-12(2)18-14-9-10-15(13(3)16)17-11-14/h9-13H,4-8,16H2,1-3H3/t12?,13-/m0/s1. The summed E-state index contributed by atoms with van der Waals surface area (Å²) in [7, 11) is 0. The van der Waals surface area contributed by atoms with Gasteiger partial charge < -0.3 is 10.5 Å². The van der Waals surface area contributed by atoms with Crippen LogP contribution in [0.5, 0.6) is 5.75 Å². The van der Waals surface area contributed by atoms with E-state index >= 15 is 0 Å². The van der Waals surface area contributed by atoms with Gasteiger partial charge in [-0.3, -0.25) is 4.98 Å². The average Bonchev–Trinajstić information content (AvgIpc) is 2.35. The van der Waals surface area contributed by atoms with Gasteiger partial charge in [0.15, 0.2) is 0 Å². The maximum atomic E-state index is 5.83. The van der Waals surface area contributed by atoms with E-state index in [1.54, 1.807) is 6.20 Å². The minimum Gasteiger partial charge on any atom is -0.489 e. The zero-order valence-corrected chi connectivity index (χ0v) is 11.9. The molecule has 1 heterocycles. The van der Waals surface area contributed by atoms with Gasteiger partial charge in [-0.05, 0) is 38.8 Å². The SMILES string of the molecule is CCCCCCC(C)Oc1ccc([C@H](C)N)nc1. The third-order valence-electron chi connectivity index (χ3n) is 3.03. The first-order valence-corrected chi connectivity index (χ1v) is 7.01. The molecule has 0 saturated heterocycles. The summed E-state index contributed by atoms with van der Waals surface area (Å²) in [5.74, 6) is 0.836. The molecule has 2 N–H and O–H groups in total. The van der Waals surface area contributed by atoms with Crippen LogP contribution in [-0.2, 0) is 0 Å². The molecular weight excluding hydrogens is 224 g/mol. The predicted octanol–water partition coefficient (Wildman–Crippen LogP) is 3.84. The van der Waals surface area contributed by atoms with Gasteiger partial charge in [0.05, 0.1) is 18.0 Å². The molecule has 0 amide bonds. The van der Waals surface area contributed by atoms with Crippen molar-refractivity contribution < 1.29 is 4.74 Å². The zero-order chi connectivity index (χ0) is 13.4. The number of hydrogen-bond acceptors (Lipinski definition) is 3. The van der Waals surface area contributed by atoms with Crippen molar-refractivity contribution >= 4 is 0 Å². The third kappa shape index (κ3) is 5.50. The fourth-order valence-corrected chi connectivity index (χ4v) is 1.88. The second-order valence-corrected chi connectivity index (χ2v) is 4.99. The number of aromatic nitrogens is 1. The number of nitrogens with two attached hydrogens (primary N) is 1. The molecule has 1 rings (SSSR count). The number of ether oxygens (including phenoxy) is 1. The van der Waals surface area contributed by atoms with E-state index in [9.17, 15) is 0 Å². The monoisotopic (exact) mass is 250 g/mol. The molecule has 0 fully saturated rings. The Morgan fingerprint density at radius 3 is 2.56 bits per heavy atom. The van der Waals surface area contributed by atoms with Crippen LogP contribution in [0.15, 0.2) is 18.3 Å². The van der Waals surface area contributed by atoms with Crippen molar-refractivity contribution in [2.24, 2.45) is 5.73 Å². The average molecular weight is 250 g/mol. The van der Waals surface area contributed by atoms with Crippen LogP contribution in [0.25, 0.3) is 0 Å². The van der Waals surface area contributed by atoms with Crippen LogP contribution in [0.2, 0.25) is 0 Å². The van der Waals surface area contributed by atoms with Crippen LogP contribution in [-0.4, -0.2) is 11.1 Å². The summed E-state index contributed by atoms with van der Waals surface area (Å²) in [5, 5.41) is 0. The second-order valence-electron chi connectivity index (χ2n) is 4.99. The van der Waals surface area contributed by atoms with Crippen LogP contribution < -0.4 is 10.5 Å². The zero-order valence-electron chi connectivity index (χ0n) is 11.9. The van der Waals surface area contributed by atoms with Gasteiger partial charge in [-0.2, -0.15) is 0 Å². The second kappa shape index (κ2) is 8.09. The first-order valence-electron chi connectivity index (χ1n) is 7.01. The fraction of sp³-hybridized carbons (Fsp3) is 0.667. The Morgan fingerprint density at radius 2 is 2.00 bits per heavy atom. The first kappa shape index (κ1) is 15.0. The Bertz CT molecular complexity index is 322. The summed E-state index contributed by atoms with van der Waals surface area (Å²) in [6.45, 7) is 6.27. The van der Waals surface area contributed by atoms with Crippen LogP contribution in [0.3, 0.4) is 0 Å². The van der Waals surface area contributed by atoms with Gasteiger partial charge in [-0.25, -0.2) is 0 Å². The molecule has 1 aromatic rings. The number of unbranched alkanes of at least 4 members (excludes halogenated alkanes) is 3. The highest BCUT2D eigenvalue weighted by Gasteiger charge is 2.05. The Kier molecular flexibility index (Phi) is 6.73. The maximum Gasteiger partial charge on any atom is 0.138 e. The number of pyridine rings is 1. The van der Waals surface area contributed by atoms with E-state index in [0.29, 0.717) is 0 Å². The molecule has 0 aliphatic rings. The van der Waals surface area contributed by atoms with E-state index in [4.69, 9.17) is 10.5 Å². The highest BCUT2D eigenvalue weighted by atomic mass is 16.5. The number of hydrogen-bond donors (Lipinski definition) is 1. The van der Waals surface area contributed by atoms with E-state index in [-0.39, 0.29) is 12.1 Å². The third-order valence-corrected chi connectivity index (χ3v) is 3.03. The van der Waals surface area contributed by atoms with Crippen molar-refractivity contribution in [2.45, 2.75) is 65.0 Å². The first-order chi connectivity index (χ1) is 8.63. The summed E-state index contributed by atoms with van der Waals surface area (Å²) in [6, 6.07) is 3.86. The minimum absolute atomic E-state index is 0.0227. The molecule has 0 saturated carbocycles. The van der Waals surface area contributed by atoms with Crippen molar-refractivity contribution in [2.75, 3.05) is 0 Å². The van der Waals surface area contributed by atoms with Crippen LogP contribution >= 0.6 is 0 Å². The molecule has 3 nitrogen and oxygen atoms in total. The van der Waals surface area contributed by atoms with Crippen LogP contribution in [0.4, 0.5) is 0 Å². The molecule has 2 atom stereocenters. The lowest BCUT2D eigenvalue weighted by molar-refractivity contribution is 0.205. The Labute approximate surface area is 111 Å². The van der Waals surface area contributed by atoms with Gasteiger partial charge in [0.25, 0.3) is 0 Å². The van der Waals surface area contributed by atoms with Gasteiger partial charge in [-0.15, -0.1) is 0 Å². The summed E-state index contributed by atoms with van der Waals surface area (Å²) in [5.41, 5.74) is 6.66. The van der Waals surface area contributed by atoms with E-state index in [1.165, 1.54) is 25.7 Å². The summed E-state index contributed by atoms with van der Waals surface area (Å²) >= 11 is 0. The highest BCUT2D eigenvalue weighted by Crippen LogP contribution is 2.16. The molecule has 0 bridgehead atoms. The molecule has 0 aliphatic heterocycles. The minimum atomic E-state index is -0.0227. The Hall–Kier alpha value is -1.09. The fourth-order valence-electron chi connectivity index (χ4n) is 1.88. The van der Waals surface area contributed by atoms with Gasteiger partial charge in [0.2, 0.25) is 0 Å². The lowest BCUT2D eigenvalue weighted by Crippen LogP contribution is -2.12. The van der Waals surface area contributed by atoms with Crippen LogP contribution in [0.1, 0.15) is 64.6 Å². The van der Waals surface area contributed by atoms with Gasteiger partial charge in [-0.1, -0.05) is 26.2 Å². The molecule has 1 unspecified atom stereocenters.